The maximum Gasteiger partial charge on any atom is 0.307 e. The van der Waals surface area contributed by atoms with E-state index in [9.17, 15) is 24.9 Å². The molecule has 11 heteroatoms. The number of esters is 1. The average molecular weight is 649 g/mol. The number of rotatable bonds is 7. The van der Waals surface area contributed by atoms with Gasteiger partial charge in [0.1, 0.15) is 24.4 Å². The van der Waals surface area contributed by atoms with Crippen LogP contribution in [0, 0.1) is 35.5 Å². The average Bonchev–Trinajstić information content (AvgIpc) is 3.54. The molecule has 2 aliphatic heterocycles. The number of hydrogen-bond donors (Lipinski definition) is 3. The molecule has 3 fully saturated rings. The maximum absolute atomic E-state index is 13.9. The van der Waals surface area contributed by atoms with Crippen LogP contribution < -0.4 is 0 Å². The van der Waals surface area contributed by atoms with Crippen molar-refractivity contribution >= 4 is 11.8 Å². The van der Waals surface area contributed by atoms with Crippen LogP contribution in [0.1, 0.15) is 52.9 Å². The van der Waals surface area contributed by atoms with Gasteiger partial charge in [0.05, 0.1) is 36.9 Å². The van der Waals surface area contributed by atoms with E-state index in [0.717, 1.165) is 0 Å². The zero-order valence-electron chi connectivity index (χ0n) is 27.8. The van der Waals surface area contributed by atoms with Gasteiger partial charge < -0.3 is 43.7 Å². The van der Waals surface area contributed by atoms with Gasteiger partial charge in [-0.25, -0.2) is 0 Å². The number of Topliss-reactive ketones (excluding diaryl/α,β-unsaturated/α-hetero) is 1. The molecule has 5 aliphatic rings. The Hall–Kier alpha value is -1.96. The highest BCUT2D eigenvalue weighted by Gasteiger charge is 2.55. The van der Waals surface area contributed by atoms with Crippen molar-refractivity contribution in [3.05, 3.63) is 36.0 Å². The molecule has 11 nitrogen and oxygen atoms in total. The zero-order valence-corrected chi connectivity index (χ0v) is 27.8. The Morgan fingerprint density at radius 3 is 2.33 bits per heavy atom. The molecule has 1 saturated carbocycles. The molecule has 0 amide bonds. The lowest BCUT2D eigenvalue weighted by Crippen LogP contribution is -2.60. The number of ether oxygens (including phenoxy) is 6. The molecule has 258 valence electrons. The minimum atomic E-state index is -0.831. The summed E-state index contributed by atoms with van der Waals surface area (Å²) in [6.45, 7) is 5.27. The summed E-state index contributed by atoms with van der Waals surface area (Å²) in [5.74, 6) is -2.09. The van der Waals surface area contributed by atoms with Gasteiger partial charge in [-0.3, -0.25) is 9.59 Å². The second-order valence-corrected chi connectivity index (χ2v) is 13.7. The number of methoxy groups -OCH3 is 3. The number of cyclic esters (lactones) is 1. The Bertz CT molecular complexity index is 1170. The summed E-state index contributed by atoms with van der Waals surface area (Å²) in [5, 5.41) is 32.2. The first kappa shape index (κ1) is 35.3. The van der Waals surface area contributed by atoms with E-state index < -0.39 is 66.8 Å². The van der Waals surface area contributed by atoms with E-state index in [2.05, 4.69) is 0 Å². The molecule has 0 bridgehead atoms. The van der Waals surface area contributed by atoms with E-state index in [0.29, 0.717) is 31.3 Å². The van der Waals surface area contributed by atoms with Gasteiger partial charge in [0.25, 0.3) is 0 Å². The molecule has 46 heavy (non-hydrogen) atoms. The van der Waals surface area contributed by atoms with Gasteiger partial charge in [-0.1, -0.05) is 31.2 Å². The molecule has 3 N–H and O–H groups in total. The van der Waals surface area contributed by atoms with E-state index in [-0.39, 0.29) is 48.1 Å². The molecule has 0 unspecified atom stereocenters. The van der Waals surface area contributed by atoms with Crippen LogP contribution in [0.25, 0.3) is 0 Å². The summed E-state index contributed by atoms with van der Waals surface area (Å²) in [5.41, 5.74) is 0.553. The molecule has 0 aromatic rings. The summed E-state index contributed by atoms with van der Waals surface area (Å²) in [4.78, 5) is 27.2. The fourth-order valence-corrected chi connectivity index (χ4v) is 8.42. The van der Waals surface area contributed by atoms with Crippen LogP contribution in [-0.4, -0.2) is 110 Å². The molecular weight excluding hydrogens is 596 g/mol. The molecule has 2 heterocycles. The zero-order chi connectivity index (χ0) is 33.3. The fraction of sp³-hybridized carbons (Fsp3) is 0.771. The third-order valence-electron chi connectivity index (χ3n) is 10.9. The normalized spacial score (nSPS) is 45.7. The monoisotopic (exact) mass is 648 g/mol. The Morgan fingerprint density at radius 1 is 0.957 bits per heavy atom. The van der Waals surface area contributed by atoms with Crippen molar-refractivity contribution < 1.29 is 53.3 Å². The van der Waals surface area contributed by atoms with Crippen molar-refractivity contribution in [1.82, 2.24) is 0 Å². The number of fused-ring (bicyclic) bond motifs is 5. The van der Waals surface area contributed by atoms with Crippen molar-refractivity contribution in [1.29, 1.82) is 0 Å². The molecule has 0 aromatic heterocycles. The molecule has 16 atom stereocenters. The quantitative estimate of drug-likeness (QED) is 0.276. The summed E-state index contributed by atoms with van der Waals surface area (Å²) in [6, 6.07) is 0. The Balaban J connectivity index is 1.37. The van der Waals surface area contributed by atoms with E-state index in [1.807, 2.05) is 25.2 Å². The molecule has 0 spiro atoms. The van der Waals surface area contributed by atoms with Crippen LogP contribution in [0.5, 0.6) is 0 Å². The van der Waals surface area contributed by atoms with E-state index in [1.54, 1.807) is 47.3 Å². The molecule has 0 aromatic carbocycles. The topological polar surface area (TPSA) is 150 Å². The highest BCUT2D eigenvalue weighted by Crippen LogP contribution is 2.54. The molecule has 3 aliphatic carbocycles. The fourth-order valence-electron chi connectivity index (χ4n) is 8.42. The lowest BCUT2D eigenvalue weighted by molar-refractivity contribution is -0.319. The third kappa shape index (κ3) is 7.08. The first-order valence-electron chi connectivity index (χ1n) is 16.7. The SMILES string of the molecule is CO[C@@H]1[C@@H](OC)[C@H](C)O[C@@H](O[C@H]2C[C@@H]3[C@H](C=C[C@@H]4[C@H]3C=C3C(=O)[C@H](C)[C@@H](O)CCC[C@H](/C=C/[C@H](C)O)OC(=O)C[C@H]34)[C@@H]2O)[C@@H]1OC. The van der Waals surface area contributed by atoms with Crippen LogP contribution in [0.4, 0.5) is 0 Å². The highest BCUT2D eigenvalue weighted by molar-refractivity contribution is 5.99. The van der Waals surface area contributed by atoms with E-state index in [1.165, 1.54) is 0 Å². The lowest BCUT2D eigenvalue weighted by atomic mass is 9.70. The van der Waals surface area contributed by atoms with Crippen molar-refractivity contribution in [2.24, 2.45) is 35.5 Å². The smallest absolute Gasteiger partial charge is 0.307 e. The first-order chi connectivity index (χ1) is 22.0. The Labute approximate surface area is 271 Å². The summed E-state index contributed by atoms with van der Waals surface area (Å²) in [6.07, 6.45) is 5.40. The van der Waals surface area contributed by atoms with Crippen LogP contribution in [-0.2, 0) is 38.0 Å². The van der Waals surface area contributed by atoms with Crippen LogP contribution >= 0.6 is 0 Å². The predicted molar refractivity (Wildman–Crippen MR) is 166 cm³/mol. The first-order valence-corrected chi connectivity index (χ1v) is 16.7. The Kier molecular flexibility index (Phi) is 11.6. The molecular formula is C35H52O11. The van der Waals surface area contributed by atoms with Gasteiger partial charge in [-0.2, -0.15) is 0 Å². The number of aliphatic hydroxyl groups is 3. The van der Waals surface area contributed by atoms with Crippen molar-refractivity contribution in [2.45, 2.75) is 114 Å². The second-order valence-electron chi connectivity index (χ2n) is 13.7. The number of ketones is 1. The van der Waals surface area contributed by atoms with Gasteiger partial charge >= 0.3 is 5.97 Å². The van der Waals surface area contributed by atoms with Gasteiger partial charge in [0.2, 0.25) is 0 Å². The molecule has 2 saturated heterocycles. The summed E-state index contributed by atoms with van der Waals surface area (Å²) < 4.78 is 35.6. The van der Waals surface area contributed by atoms with Crippen LogP contribution in [0.15, 0.2) is 36.0 Å². The largest absolute Gasteiger partial charge is 0.458 e. The Morgan fingerprint density at radius 2 is 1.65 bits per heavy atom. The van der Waals surface area contributed by atoms with Gasteiger partial charge in [0, 0.05) is 39.1 Å². The van der Waals surface area contributed by atoms with E-state index in [4.69, 9.17) is 28.4 Å². The van der Waals surface area contributed by atoms with Crippen molar-refractivity contribution in [3.8, 4) is 0 Å². The molecule has 0 radical (unpaired) electrons. The van der Waals surface area contributed by atoms with Gasteiger partial charge in [-0.15, -0.1) is 0 Å². The number of carbonyl (C=O) groups excluding carboxylic acids is 2. The number of aliphatic hydroxyl groups excluding tert-OH is 3. The minimum absolute atomic E-state index is 0.0210. The third-order valence-corrected chi connectivity index (χ3v) is 10.9. The number of allylic oxidation sites excluding steroid dienone is 3. The second kappa shape index (κ2) is 15.1. The summed E-state index contributed by atoms with van der Waals surface area (Å²) in [7, 11) is 4.76. The van der Waals surface area contributed by atoms with Crippen molar-refractivity contribution in [2.75, 3.05) is 21.3 Å². The standard InChI is InChI=1S/C35H52O11/c1-17(36)10-11-20-8-7-9-27(37)18(2)30(39)26-14-23-21(25(26)16-29(38)45-20)12-13-22-24(23)15-28(31(22)40)46-35-34(43-6)33(42-5)32(41-4)19(3)44-35/h10-14,17-25,27-28,31-37,40H,7-9,15-16H2,1-6H3/b11-10+/t17-,18+,19-,20+,21+,22-,23+,24+,25-,27-,28-,31-,32-,33+,34+,35-/m0/s1. The van der Waals surface area contributed by atoms with E-state index >= 15 is 0 Å². The van der Waals surface area contributed by atoms with Crippen LogP contribution in [0.3, 0.4) is 0 Å². The number of carbonyl (C=O) groups is 2. The maximum atomic E-state index is 13.9. The van der Waals surface area contributed by atoms with Crippen LogP contribution in [0.2, 0.25) is 0 Å². The minimum Gasteiger partial charge on any atom is -0.458 e. The summed E-state index contributed by atoms with van der Waals surface area (Å²) >= 11 is 0. The highest BCUT2D eigenvalue weighted by atomic mass is 16.7. The lowest BCUT2D eigenvalue weighted by Gasteiger charge is -2.44. The molecule has 5 rings (SSSR count). The predicted octanol–water partition coefficient (Wildman–Crippen LogP) is 2.51. The number of hydrogen-bond acceptors (Lipinski definition) is 11. The van der Waals surface area contributed by atoms with Gasteiger partial charge in [-0.05, 0) is 68.9 Å². The van der Waals surface area contributed by atoms with Crippen molar-refractivity contribution in [3.63, 3.8) is 0 Å². The van der Waals surface area contributed by atoms with Gasteiger partial charge in [0.15, 0.2) is 12.1 Å².